The van der Waals surface area contributed by atoms with Crippen LogP contribution in [0.2, 0.25) is 0 Å². The van der Waals surface area contributed by atoms with E-state index in [1.807, 2.05) is 55.5 Å². The van der Waals surface area contributed by atoms with Gasteiger partial charge in [-0.1, -0.05) is 23.8 Å². The molecule has 5 nitrogen and oxygen atoms in total. The molecule has 1 heterocycles. The second-order valence-corrected chi connectivity index (χ2v) is 6.30. The molecule has 1 aliphatic rings. The standard InChI is InChI=1S/C20H22N4O/c1-16-4-2-6-18(12-16)20(25)22-15-23-8-10-24(11-9-23)19-7-3-5-17(13-19)14-21/h2-7,12-13H,8-11,15H2,1H3,(H,22,25). The average molecular weight is 334 g/mol. The lowest BCUT2D eigenvalue weighted by atomic mass is 10.1. The number of aryl methyl sites for hydroxylation is 1. The van der Waals surface area contributed by atoms with Gasteiger partial charge in [-0.05, 0) is 37.3 Å². The Hall–Kier alpha value is -2.84. The first-order chi connectivity index (χ1) is 12.2. The van der Waals surface area contributed by atoms with Crippen molar-refractivity contribution < 1.29 is 4.79 Å². The van der Waals surface area contributed by atoms with Crippen LogP contribution in [0, 0.1) is 18.3 Å². The van der Waals surface area contributed by atoms with E-state index in [9.17, 15) is 4.79 Å². The van der Waals surface area contributed by atoms with Gasteiger partial charge in [0.2, 0.25) is 0 Å². The summed E-state index contributed by atoms with van der Waals surface area (Å²) in [6, 6.07) is 17.5. The highest BCUT2D eigenvalue weighted by Gasteiger charge is 2.18. The normalized spacial score (nSPS) is 14.8. The van der Waals surface area contributed by atoms with Crippen molar-refractivity contribution >= 4 is 11.6 Å². The molecule has 0 unspecified atom stereocenters. The quantitative estimate of drug-likeness (QED) is 0.933. The Morgan fingerprint density at radius 2 is 1.88 bits per heavy atom. The summed E-state index contributed by atoms with van der Waals surface area (Å²) in [6.07, 6.45) is 0. The van der Waals surface area contributed by atoms with Gasteiger partial charge < -0.3 is 10.2 Å². The van der Waals surface area contributed by atoms with Crippen LogP contribution < -0.4 is 10.2 Å². The van der Waals surface area contributed by atoms with Crippen LogP contribution in [0.4, 0.5) is 5.69 Å². The fraction of sp³-hybridized carbons (Fsp3) is 0.300. The molecule has 0 aliphatic carbocycles. The first kappa shape index (κ1) is 17.0. The van der Waals surface area contributed by atoms with Crippen molar-refractivity contribution in [3.8, 4) is 6.07 Å². The Labute approximate surface area is 148 Å². The van der Waals surface area contributed by atoms with Gasteiger partial charge in [-0.25, -0.2) is 0 Å². The number of hydrogen-bond donors (Lipinski definition) is 1. The molecule has 1 amide bonds. The number of amides is 1. The molecule has 2 aromatic carbocycles. The topological polar surface area (TPSA) is 59.4 Å². The number of piperazine rings is 1. The zero-order chi connectivity index (χ0) is 17.6. The molecule has 1 saturated heterocycles. The van der Waals surface area contributed by atoms with Gasteiger partial charge in [0, 0.05) is 37.4 Å². The highest BCUT2D eigenvalue weighted by molar-refractivity contribution is 5.94. The molecule has 5 heteroatoms. The highest BCUT2D eigenvalue weighted by atomic mass is 16.1. The Morgan fingerprint density at radius 1 is 1.12 bits per heavy atom. The van der Waals surface area contributed by atoms with Gasteiger partial charge in [-0.2, -0.15) is 5.26 Å². The van der Waals surface area contributed by atoms with Gasteiger partial charge in [0.25, 0.3) is 5.91 Å². The van der Waals surface area contributed by atoms with E-state index in [2.05, 4.69) is 21.2 Å². The molecule has 25 heavy (non-hydrogen) atoms. The molecule has 0 spiro atoms. The lowest BCUT2D eigenvalue weighted by Gasteiger charge is -2.36. The average Bonchev–Trinajstić information content (AvgIpc) is 2.66. The molecule has 1 N–H and O–H groups in total. The molecule has 0 aromatic heterocycles. The molecule has 1 aliphatic heterocycles. The number of nitrogens with one attached hydrogen (secondary N) is 1. The minimum Gasteiger partial charge on any atom is -0.369 e. The van der Waals surface area contributed by atoms with E-state index in [-0.39, 0.29) is 5.91 Å². The lowest BCUT2D eigenvalue weighted by molar-refractivity contribution is 0.0920. The van der Waals surface area contributed by atoms with Crippen molar-refractivity contribution in [2.45, 2.75) is 6.92 Å². The number of rotatable bonds is 4. The van der Waals surface area contributed by atoms with Crippen LogP contribution in [-0.4, -0.2) is 43.7 Å². The first-order valence-corrected chi connectivity index (χ1v) is 8.48. The zero-order valence-corrected chi connectivity index (χ0v) is 14.4. The van der Waals surface area contributed by atoms with Gasteiger partial charge in [-0.15, -0.1) is 0 Å². The van der Waals surface area contributed by atoms with Crippen LogP contribution in [0.1, 0.15) is 21.5 Å². The van der Waals surface area contributed by atoms with Gasteiger partial charge in [0.1, 0.15) is 0 Å². The van der Waals surface area contributed by atoms with Crippen molar-refractivity contribution in [3.05, 3.63) is 65.2 Å². The maximum Gasteiger partial charge on any atom is 0.252 e. The van der Waals surface area contributed by atoms with Crippen molar-refractivity contribution in [3.63, 3.8) is 0 Å². The highest BCUT2D eigenvalue weighted by Crippen LogP contribution is 2.17. The third-order valence-corrected chi connectivity index (χ3v) is 4.46. The van der Waals surface area contributed by atoms with Crippen molar-refractivity contribution in [1.29, 1.82) is 5.26 Å². The molecule has 0 bridgehead atoms. The number of benzene rings is 2. The summed E-state index contributed by atoms with van der Waals surface area (Å²) in [5, 5.41) is 12.0. The summed E-state index contributed by atoms with van der Waals surface area (Å²) in [6.45, 7) is 6.07. The fourth-order valence-corrected chi connectivity index (χ4v) is 3.01. The minimum atomic E-state index is -0.0344. The third-order valence-electron chi connectivity index (χ3n) is 4.46. The predicted molar refractivity (Wildman–Crippen MR) is 98.5 cm³/mol. The number of carbonyl (C=O) groups excluding carboxylic acids is 1. The van der Waals surface area contributed by atoms with Gasteiger partial charge in [0.05, 0.1) is 18.3 Å². The molecule has 0 saturated carbocycles. The molecule has 3 rings (SSSR count). The van der Waals surface area contributed by atoms with Crippen LogP contribution in [-0.2, 0) is 0 Å². The summed E-state index contributed by atoms with van der Waals surface area (Å²) in [5.41, 5.74) is 3.56. The lowest BCUT2D eigenvalue weighted by Crippen LogP contribution is -2.50. The minimum absolute atomic E-state index is 0.0344. The molecule has 1 fully saturated rings. The Kier molecular flexibility index (Phi) is 5.32. The first-order valence-electron chi connectivity index (χ1n) is 8.48. The number of carbonyl (C=O) groups is 1. The van der Waals surface area contributed by atoms with E-state index in [1.165, 1.54) is 0 Å². The van der Waals surface area contributed by atoms with E-state index in [0.29, 0.717) is 17.8 Å². The van der Waals surface area contributed by atoms with Crippen molar-refractivity contribution in [2.75, 3.05) is 37.7 Å². The summed E-state index contributed by atoms with van der Waals surface area (Å²) in [4.78, 5) is 16.7. The van der Waals surface area contributed by atoms with Crippen LogP contribution in [0.3, 0.4) is 0 Å². The van der Waals surface area contributed by atoms with Crippen LogP contribution in [0.25, 0.3) is 0 Å². The molecule has 0 radical (unpaired) electrons. The molecule has 2 aromatic rings. The van der Waals surface area contributed by atoms with E-state index < -0.39 is 0 Å². The summed E-state index contributed by atoms with van der Waals surface area (Å²) in [7, 11) is 0. The van der Waals surface area contributed by atoms with Crippen LogP contribution >= 0.6 is 0 Å². The van der Waals surface area contributed by atoms with Crippen molar-refractivity contribution in [1.82, 2.24) is 10.2 Å². The molecule has 128 valence electrons. The van der Waals surface area contributed by atoms with Crippen molar-refractivity contribution in [2.24, 2.45) is 0 Å². The number of anilines is 1. The van der Waals surface area contributed by atoms with E-state index in [4.69, 9.17) is 5.26 Å². The largest absolute Gasteiger partial charge is 0.369 e. The van der Waals surface area contributed by atoms with Crippen LogP contribution in [0.5, 0.6) is 0 Å². The van der Waals surface area contributed by atoms with Crippen LogP contribution in [0.15, 0.2) is 48.5 Å². The number of hydrogen-bond acceptors (Lipinski definition) is 4. The van der Waals surface area contributed by atoms with Gasteiger partial charge in [0.15, 0.2) is 0 Å². The second kappa shape index (κ2) is 7.82. The smallest absolute Gasteiger partial charge is 0.252 e. The van der Waals surface area contributed by atoms with E-state index in [1.54, 1.807) is 0 Å². The van der Waals surface area contributed by atoms with E-state index in [0.717, 1.165) is 37.4 Å². The number of nitriles is 1. The Bertz CT molecular complexity index is 788. The van der Waals surface area contributed by atoms with Gasteiger partial charge >= 0.3 is 0 Å². The maximum absolute atomic E-state index is 12.2. The van der Waals surface area contributed by atoms with E-state index >= 15 is 0 Å². The monoisotopic (exact) mass is 334 g/mol. The third kappa shape index (κ3) is 4.37. The predicted octanol–water partition coefficient (Wildman–Crippen LogP) is 2.38. The summed E-state index contributed by atoms with van der Waals surface area (Å²) in [5.74, 6) is -0.0344. The Balaban J connectivity index is 1.49. The number of nitrogens with zero attached hydrogens (tertiary/aromatic N) is 3. The SMILES string of the molecule is Cc1cccc(C(=O)NCN2CCN(c3cccc(C#N)c3)CC2)c1. The molecule has 0 atom stereocenters. The summed E-state index contributed by atoms with van der Waals surface area (Å²) >= 11 is 0. The Morgan fingerprint density at radius 3 is 2.60 bits per heavy atom. The maximum atomic E-state index is 12.2. The summed E-state index contributed by atoms with van der Waals surface area (Å²) < 4.78 is 0. The molecular formula is C20H22N4O. The van der Waals surface area contributed by atoms with Gasteiger partial charge in [-0.3, -0.25) is 9.69 Å². The second-order valence-electron chi connectivity index (χ2n) is 6.30. The molecular weight excluding hydrogens is 312 g/mol. The fourth-order valence-electron chi connectivity index (χ4n) is 3.01. The zero-order valence-electron chi connectivity index (χ0n) is 14.4.